The zero-order chi connectivity index (χ0) is 14.4. The van der Waals surface area contributed by atoms with E-state index in [4.69, 9.17) is 4.84 Å². The molecule has 2 aromatic carbocycles. The SMILES string of the molecule is CC(NOCc1ccccc1)c1ccc([N+](=O)[O-])cc1. The average Bonchev–Trinajstić information content (AvgIpc) is 2.48. The standard InChI is InChI=1S/C15H16N2O3/c1-12(14-7-9-15(10-8-14)17(18)19)16-20-11-13-5-3-2-4-6-13/h2-10,12,16H,11H2,1H3. The molecule has 5 heteroatoms. The van der Waals surface area contributed by atoms with E-state index in [1.54, 1.807) is 12.1 Å². The van der Waals surface area contributed by atoms with Crippen LogP contribution < -0.4 is 5.48 Å². The maximum absolute atomic E-state index is 10.6. The second kappa shape index (κ2) is 6.79. The lowest BCUT2D eigenvalue weighted by Crippen LogP contribution is -2.18. The molecule has 0 bridgehead atoms. The summed E-state index contributed by atoms with van der Waals surface area (Å²) in [7, 11) is 0. The number of benzene rings is 2. The van der Waals surface area contributed by atoms with Gasteiger partial charge in [-0.2, -0.15) is 5.48 Å². The highest BCUT2D eigenvalue weighted by Gasteiger charge is 2.08. The van der Waals surface area contributed by atoms with Crippen LogP contribution in [0.1, 0.15) is 24.1 Å². The Morgan fingerprint density at radius 3 is 2.40 bits per heavy atom. The summed E-state index contributed by atoms with van der Waals surface area (Å²) in [6.45, 7) is 2.41. The van der Waals surface area contributed by atoms with Gasteiger partial charge in [0.2, 0.25) is 0 Å². The van der Waals surface area contributed by atoms with Crippen LogP contribution >= 0.6 is 0 Å². The number of nitro groups is 1. The van der Waals surface area contributed by atoms with E-state index in [9.17, 15) is 10.1 Å². The van der Waals surface area contributed by atoms with Crippen molar-refractivity contribution < 1.29 is 9.76 Å². The predicted octanol–water partition coefficient (Wildman–Crippen LogP) is 3.38. The summed E-state index contributed by atoms with van der Waals surface area (Å²) in [6, 6.07) is 16.2. The van der Waals surface area contributed by atoms with Gasteiger partial charge >= 0.3 is 0 Å². The Morgan fingerprint density at radius 2 is 1.80 bits per heavy atom. The average molecular weight is 272 g/mol. The Bertz CT molecular complexity index is 555. The number of nitrogens with one attached hydrogen (secondary N) is 1. The van der Waals surface area contributed by atoms with E-state index in [1.165, 1.54) is 12.1 Å². The van der Waals surface area contributed by atoms with Gasteiger partial charge in [0.15, 0.2) is 0 Å². The molecule has 5 nitrogen and oxygen atoms in total. The van der Waals surface area contributed by atoms with Gasteiger partial charge in [-0.3, -0.25) is 15.0 Å². The first-order valence-electron chi connectivity index (χ1n) is 6.32. The van der Waals surface area contributed by atoms with Crippen molar-refractivity contribution in [2.45, 2.75) is 19.6 Å². The Balaban J connectivity index is 1.85. The first-order valence-corrected chi connectivity index (χ1v) is 6.32. The first-order chi connectivity index (χ1) is 9.66. The molecule has 1 atom stereocenters. The van der Waals surface area contributed by atoms with Crippen molar-refractivity contribution in [3.8, 4) is 0 Å². The third-order valence-electron chi connectivity index (χ3n) is 2.95. The number of nitro benzene ring substituents is 1. The number of non-ortho nitro benzene ring substituents is 1. The largest absolute Gasteiger partial charge is 0.296 e. The lowest BCUT2D eigenvalue weighted by atomic mass is 10.1. The zero-order valence-electron chi connectivity index (χ0n) is 11.2. The van der Waals surface area contributed by atoms with Crippen molar-refractivity contribution in [2.24, 2.45) is 0 Å². The third kappa shape index (κ3) is 3.88. The number of hydrogen-bond donors (Lipinski definition) is 1. The van der Waals surface area contributed by atoms with Gasteiger partial charge in [0.05, 0.1) is 17.6 Å². The molecule has 2 aromatic rings. The predicted molar refractivity (Wildman–Crippen MR) is 75.9 cm³/mol. The van der Waals surface area contributed by atoms with Crippen LogP contribution in [0.3, 0.4) is 0 Å². The third-order valence-corrected chi connectivity index (χ3v) is 2.95. The molecule has 1 N–H and O–H groups in total. The normalized spacial score (nSPS) is 12.1. The Labute approximate surface area is 117 Å². The van der Waals surface area contributed by atoms with E-state index in [1.807, 2.05) is 37.3 Å². The van der Waals surface area contributed by atoms with Crippen molar-refractivity contribution >= 4 is 5.69 Å². The molecule has 0 saturated heterocycles. The van der Waals surface area contributed by atoms with Gasteiger partial charge in [0.25, 0.3) is 5.69 Å². The minimum absolute atomic E-state index is 0.0421. The number of hydroxylamine groups is 1. The van der Waals surface area contributed by atoms with Crippen LogP contribution in [0.25, 0.3) is 0 Å². The van der Waals surface area contributed by atoms with E-state index in [-0.39, 0.29) is 11.7 Å². The van der Waals surface area contributed by atoms with Crippen molar-refractivity contribution in [3.63, 3.8) is 0 Å². The maximum atomic E-state index is 10.6. The monoisotopic (exact) mass is 272 g/mol. The molecule has 0 spiro atoms. The highest BCUT2D eigenvalue weighted by molar-refractivity contribution is 5.33. The fourth-order valence-corrected chi connectivity index (χ4v) is 1.78. The summed E-state index contributed by atoms with van der Waals surface area (Å²) in [6.07, 6.45) is 0. The second-order valence-corrected chi connectivity index (χ2v) is 4.46. The lowest BCUT2D eigenvalue weighted by molar-refractivity contribution is -0.384. The molecule has 0 amide bonds. The zero-order valence-corrected chi connectivity index (χ0v) is 11.2. The molecule has 104 valence electrons. The Hall–Kier alpha value is -2.24. The summed E-state index contributed by atoms with van der Waals surface area (Å²) in [5.74, 6) is 0. The van der Waals surface area contributed by atoms with Crippen LogP contribution in [0.4, 0.5) is 5.69 Å². The van der Waals surface area contributed by atoms with Gasteiger partial charge in [-0.05, 0) is 18.1 Å². The summed E-state index contributed by atoms with van der Waals surface area (Å²) < 4.78 is 0. The summed E-state index contributed by atoms with van der Waals surface area (Å²) in [4.78, 5) is 15.6. The molecule has 0 fully saturated rings. The molecule has 0 radical (unpaired) electrons. The Kier molecular flexibility index (Phi) is 4.81. The Morgan fingerprint density at radius 1 is 1.15 bits per heavy atom. The van der Waals surface area contributed by atoms with Gasteiger partial charge in [0.1, 0.15) is 0 Å². The van der Waals surface area contributed by atoms with Gasteiger partial charge < -0.3 is 0 Å². The van der Waals surface area contributed by atoms with Crippen molar-refractivity contribution in [3.05, 3.63) is 75.8 Å². The molecule has 20 heavy (non-hydrogen) atoms. The van der Waals surface area contributed by atoms with Gasteiger partial charge in [-0.25, -0.2) is 0 Å². The fourth-order valence-electron chi connectivity index (χ4n) is 1.78. The molecule has 0 aliphatic rings. The minimum Gasteiger partial charge on any atom is -0.296 e. The van der Waals surface area contributed by atoms with Crippen molar-refractivity contribution in [1.82, 2.24) is 5.48 Å². The van der Waals surface area contributed by atoms with E-state index in [2.05, 4.69) is 5.48 Å². The van der Waals surface area contributed by atoms with Crippen LogP contribution in [0, 0.1) is 10.1 Å². The van der Waals surface area contributed by atoms with E-state index in [0.717, 1.165) is 11.1 Å². The molecular weight excluding hydrogens is 256 g/mol. The molecule has 0 aliphatic heterocycles. The van der Waals surface area contributed by atoms with Gasteiger partial charge in [-0.15, -0.1) is 0 Å². The molecule has 0 saturated carbocycles. The molecule has 0 heterocycles. The first kappa shape index (κ1) is 14.2. The minimum atomic E-state index is -0.409. The molecule has 0 aliphatic carbocycles. The van der Waals surface area contributed by atoms with E-state index in [0.29, 0.717) is 6.61 Å². The quantitative estimate of drug-likeness (QED) is 0.646. The lowest BCUT2D eigenvalue weighted by Gasteiger charge is -2.14. The molecule has 1 unspecified atom stereocenters. The highest BCUT2D eigenvalue weighted by Crippen LogP contribution is 2.17. The molecule has 2 rings (SSSR count). The second-order valence-electron chi connectivity index (χ2n) is 4.46. The highest BCUT2D eigenvalue weighted by atomic mass is 16.6. The van der Waals surface area contributed by atoms with Gasteiger partial charge in [0, 0.05) is 12.1 Å². The maximum Gasteiger partial charge on any atom is 0.269 e. The number of hydrogen-bond acceptors (Lipinski definition) is 4. The summed E-state index contributed by atoms with van der Waals surface area (Å²) in [5.41, 5.74) is 5.03. The van der Waals surface area contributed by atoms with Crippen molar-refractivity contribution in [1.29, 1.82) is 0 Å². The van der Waals surface area contributed by atoms with Gasteiger partial charge in [-0.1, -0.05) is 42.5 Å². The molecular formula is C15H16N2O3. The topological polar surface area (TPSA) is 64.4 Å². The van der Waals surface area contributed by atoms with Crippen LogP contribution in [0.2, 0.25) is 0 Å². The van der Waals surface area contributed by atoms with Crippen LogP contribution in [-0.2, 0) is 11.4 Å². The fraction of sp³-hybridized carbons (Fsp3) is 0.200. The van der Waals surface area contributed by atoms with Crippen LogP contribution in [0.5, 0.6) is 0 Å². The summed E-state index contributed by atoms with van der Waals surface area (Å²) in [5, 5.41) is 10.6. The van der Waals surface area contributed by atoms with E-state index < -0.39 is 4.92 Å². The van der Waals surface area contributed by atoms with E-state index >= 15 is 0 Å². The number of nitrogens with zero attached hydrogens (tertiary/aromatic N) is 1. The smallest absolute Gasteiger partial charge is 0.269 e. The van der Waals surface area contributed by atoms with Crippen LogP contribution in [0.15, 0.2) is 54.6 Å². The van der Waals surface area contributed by atoms with Crippen LogP contribution in [-0.4, -0.2) is 4.92 Å². The van der Waals surface area contributed by atoms with Crippen molar-refractivity contribution in [2.75, 3.05) is 0 Å². The number of rotatable bonds is 6. The molecule has 0 aromatic heterocycles. The summed E-state index contributed by atoms with van der Waals surface area (Å²) >= 11 is 0.